The molecule has 1 heterocycles. The van der Waals surface area contributed by atoms with Crippen LogP contribution in [0, 0.1) is 11.6 Å². The predicted molar refractivity (Wildman–Crippen MR) is 78.5 cm³/mol. The molecule has 5 heteroatoms. The summed E-state index contributed by atoms with van der Waals surface area (Å²) >= 11 is 0. The third-order valence-electron chi connectivity index (χ3n) is 4.01. The summed E-state index contributed by atoms with van der Waals surface area (Å²) in [5.74, 6) is -1.88. The van der Waals surface area contributed by atoms with Gasteiger partial charge in [0.05, 0.1) is 11.6 Å². The normalized spacial score (nSPS) is 18.0. The highest BCUT2D eigenvalue weighted by Crippen LogP contribution is 2.39. The molecule has 0 aliphatic carbocycles. The second-order valence-electron chi connectivity index (χ2n) is 5.34. The Hall–Kier alpha value is -2.27. The first kappa shape index (κ1) is 14.7. The molecule has 1 amide bonds. The number of amides is 1. The Bertz CT molecular complexity index is 745. The lowest BCUT2D eigenvalue weighted by Crippen LogP contribution is -2.10. The highest BCUT2D eigenvalue weighted by molar-refractivity contribution is 6.03. The number of benzene rings is 2. The molecule has 0 aromatic heterocycles. The Morgan fingerprint density at radius 3 is 2.64 bits per heavy atom. The van der Waals surface area contributed by atoms with Crippen LogP contribution in [0.1, 0.15) is 42.1 Å². The summed E-state index contributed by atoms with van der Waals surface area (Å²) in [6, 6.07) is 8.51. The predicted octanol–water partition coefficient (Wildman–Crippen LogP) is 3.49. The van der Waals surface area contributed by atoms with Crippen molar-refractivity contribution in [2.24, 2.45) is 0 Å². The molecule has 0 saturated heterocycles. The Balaban J connectivity index is 2.07. The number of fused-ring (bicyclic) bond motifs is 1. The zero-order valence-corrected chi connectivity index (χ0v) is 11.9. The van der Waals surface area contributed by atoms with Gasteiger partial charge in [0.15, 0.2) is 0 Å². The summed E-state index contributed by atoms with van der Waals surface area (Å²) < 4.78 is 28.0. The van der Waals surface area contributed by atoms with Crippen LogP contribution in [0.5, 0.6) is 0 Å². The van der Waals surface area contributed by atoms with Crippen LogP contribution in [0.4, 0.5) is 14.5 Å². The van der Waals surface area contributed by atoms with Crippen molar-refractivity contribution in [1.29, 1.82) is 0 Å². The van der Waals surface area contributed by atoms with E-state index in [9.17, 15) is 18.7 Å². The minimum absolute atomic E-state index is 0.0761. The van der Waals surface area contributed by atoms with E-state index in [1.165, 1.54) is 18.2 Å². The van der Waals surface area contributed by atoms with E-state index in [0.29, 0.717) is 12.0 Å². The molecule has 2 N–H and O–H groups in total. The number of hydrogen-bond acceptors (Lipinski definition) is 2. The monoisotopic (exact) mass is 303 g/mol. The zero-order chi connectivity index (χ0) is 15.9. The lowest BCUT2D eigenvalue weighted by Gasteiger charge is -2.15. The van der Waals surface area contributed by atoms with Crippen LogP contribution in [0.25, 0.3) is 0 Å². The number of aliphatic hydroxyl groups is 1. The minimum atomic E-state index is -1.28. The van der Waals surface area contributed by atoms with Gasteiger partial charge in [0.1, 0.15) is 17.7 Å². The highest BCUT2D eigenvalue weighted by Gasteiger charge is 2.32. The van der Waals surface area contributed by atoms with Crippen molar-refractivity contribution >= 4 is 11.6 Å². The lowest BCUT2D eigenvalue weighted by atomic mass is 9.93. The van der Waals surface area contributed by atoms with Crippen LogP contribution in [0.15, 0.2) is 36.4 Å². The van der Waals surface area contributed by atoms with Crippen molar-refractivity contribution in [2.45, 2.75) is 25.4 Å². The maximum atomic E-state index is 14.2. The number of anilines is 1. The van der Waals surface area contributed by atoms with E-state index >= 15 is 0 Å². The summed E-state index contributed by atoms with van der Waals surface area (Å²) in [5, 5.41) is 12.9. The Morgan fingerprint density at radius 1 is 1.23 bits per heavy atom. The molecule has 0 bridgehead atoms. The number of halogens is 2. The van der Waals surface area contributed by atoms with E-state index in [1.807, 2.05) is 6.92 Å². The van der Waals surface area contributed by atoms with Gasteiger partial charge in [-0.1, -0.05) is 25.1 Å². The maximum Gasteiger partial charge on any atom is 0.232 e. The topological polar surface area (TPSA) is 49.3 Å². The molecule has 3 nitrogen and oxygen atoms in total. The summed E-state index contributed by atoms with van der Waals surface area (Å²) in [6.45, 7) is 1.83. The fourth-order valence-electron chi connectivity index (χ4n) is 2.85. The average molecular weight is 303 g/mol. The first-order valence-corrected chi connectivity index (χ1v) is 7.09. The maximum absolute atomic E-state index is 14.2. The zero-order valence-electron chi connectivity index (χ0n) is 11.9. The number of rotatable bonds is 3. The Labute approximate surface area is 126 Å². The molecular formula is C17H15F2NO2. The number of carbonyl (C=O) groups is 1. The Morgan fingerprint density at radius 2 is 1.95 bits per heavy atom. The Kier molecular flexibility index (Phi) is 3.66. The third kappa shape index (κ3) is 2.27. The molecule has 3 rings (SSSR count). The fourth-order valence-corrected chi connectivity index (χ4v) is 2.85. The smallest absolute Gasteiger partial charge is 0.232 e. The van der Waals surface area contributed by atoms with E-state index in [-0.39, 0.29) is 22.7 Å². The van der Waals surface area contributed by atoms with E-state index < -0.39 is 23.7 Å². The van der Waals surface area contributed by atoms with Crippen molar-refractivity contribution in [3.63, 3.8) is 0 Å². The third-order valence-corrected chi connectivity index (χ3v) is 4.01. The van der Waals surface area contributed by atoms with E-state index in [2.05, 4.69) is 5.32 Å². The molecule has 2 unspecified atom stereocenters. The van der Waals surface area contributed by atoms with Gasteiger partial charge in [0.25, 0.3) is 0 Å². The molecule has 0 radical (unpaired) electrons. The van der Waals surface area contributed by atoms with Gasteiger partial charge in [-0.05, 0) is 35.7 Å². The van der Waals surface area contributed by atoms with Gasteiger partial charge < -0.3 is 10.4 Å². The molecule has 1 aliphatic heterocycles. The van der Waals surface area contributed by atoms with Crippen LogP contribution in [0.3, 0.4) is 0 Å². The van der Waals surface area contributed by atoms with E-state index in [0.717, 1.165) is 6.07 Å². The molecule has 22 heavy (non-hydrogen) atoms. The van der Waals surface area contributed by atoms with Crippen LogP contribution in [-0.2, 0) is 4.79 Å². The van der Waals surface area contributed by atoms with Crippen LogP contribution >= 0.6 is 0 Å². The first-order valence-electron chi connectivity index (χ1n) is 7.09. The van der Waals surface area contributed by atoms with Crippen molar-refractivity contribution in [3.05, 3.63) is 64.7 Å². The molecular weight excluding hydrogens is 288 g/mol. The van der Waals surface area contributed by atoms with Crippen molar-refractivity contribution in [3.8, 4) is 0 Å². The molecule has 2 aromatic carbocycles. The first-order chi connectivity index (χ1) is 10.5. The van der Waals surface area contributed by atoms with Gasteiger partial charge in [0, 0.05) is 5.56 Å². The SMILES string of the molecule is CCC1C(=O)Nc2c(F)cc(C(O)c3ccccc3F)cc21. The number of carbonyl (C=O) groups excluding carboxylic acids is 1. The largest absolute Gasteiger partial charge is 0.384 e. The highest BCUT2D eigenvalue weighted by atomic mass is 19.1. The van der Waals surface area contributed by atoms with Crippen molar-refractivity contribution in [2.75, 3.05) is 5.32 Å². The number of hydrogen-bond donors (Lipinski definition) is 2. The van der Waals surface area contributed by atoms with Crippen LogP contribution < -0.4 is 5.32 Å². The molecule has 2 aromatic rings. The molecule has 0 saturated carbocycles. The summed E-state index contributed by atoms with van der Waals surface area (Å²) in [4.78, 5) is 11.8. The second-order valence-corrected chi connectivity index (χ2v) is 5.34. The van der Waals surface area contributed by atoms with Gasteiger partial charge in [0.2, 0.25) is 5.91 Å². The summed E-state index contributed by atoms with van der Waals surface area (Å²) in [7, 11) is 0. The average Bonchev–Trinajstić information content (AvgIpc) is 2.83. The van der Waals surface area contributed by atoms with Crippen LogP contribution in [-0.4, -0.2) is 11.0 Å². The fraction of sp³-hybridized carbons (Fsp3) is 0.235. The molecule has 1 aliphatic rings. The number of aliphatic hydroxyl groups excluding tert-OH is 1. The molecule has 2 atom stereocenters. The van der Waals surface area contributed by atoms with Gasteiger partial charge in [-0.25, -0.2) is 8.78 Å². The van der Waals surface area contributed by atoms with Gasteiger partial charge in [-0.15, -0.1) is 0 Å². The lowest BCUT2D eigenvalue weighted by molar-refractivity contribution is -0.117. The number of nitrogens with one attached hydrogen (secondary N) is 1. The quantitative estimate of drug-likeness (QED) is 0.912. The second kappa shape index (κ2) is 5.50. The van der Waals surface area contributed by atoms with E-state index in [1.54, 1.807) is 12.1 Å². The van der Waals surface area contributed by atoms with Crippen LogP contribution in [0.2, 0.25) is 0 Å². The van der Waals surface area contributed by atoms with E-state index in [4.69, 9.17) is 0 Å². The molecule has 0 spiro atoms. The van der Waals surface area contributed by atoms with Crippen molar-refractivity contribution in [1.82, 2.24) is 0 Å². The minimum Gasteiger partial charge on any atom is -0.384 e. The summed E-state index contributed by atoms with van der Waals surface area (Å²) in [5.41, 5.74) is 0.975. The molecule has 0 fully saturated rings. The van der Waals surface area contributed by atoms with Gasteiger partial charge >= 0.3 is 0 Å². The van der Waals surface area contributed by atoms with Gasteiger partial charge in [-0.2, -0.15) is 0 Å². The summed E-state index contributed by atoms with van der Waals surface area (Å²) in [6.07, 6.45) is -0.758. The standard InChI is InChI=1S/C17H15F2NO2/c1-2-10-12-7-9(8-14(19)15(12)20-17(10)22)16(21)11-5-3-4-6-13(11)18/h3-8,10,16,21H,2H2,1H3,(H,20,22). The molecule has 114 valence electrons. The van der Waals surface area contributed by atoms with Crippen molar-refractivity contribution < 1.29 is 18.7 Å². The van der Waals surface area contributed by atoms with Gasteiger partial charge in [-0.3, -0.25) is 4.79 Å².